The van der Waals surface area contributed by atoms with Crippen LogP contribution in [0.4, 0.5) is 18.9 Å². The van der Waals surface area contributed by atoms with Gasteiger partial charge in [-0.25, -0.2) is 8.42 Å². The molecule has 0 atom stereocenters. The van der Waals surface area contributed by atoms with E-state index in [9.17, 15) is 26.4 Å². The third-order valence-electron chi connectivity index (χ3n) is 4.93. The zero-order valence-corrected chi connectivity index (χ0v) is 17.7. The van der Waals surface area contributed by atoms with Gasteiger partial charge in [0.25, 0.3) is 15.9 Å². The van der Waals surface area contributed by atoms with Crippen LogP contribution in [0, 0.1) is 6.92 Å². The monoisotopic (exact) mass is 460 g/mol. The zero-order valence-electron chi connectivity index (χ0n) is 16.1. The summed E-state index contributed by atoms with van der Waals surface area (Å²) in [7, 11) is -4.27. The highest BCUT2D eigenvalue weighted by molar-refractivity contribution is 7.92. The Labute approximate surface area is 177 Å². The Bertz CT molecular complexity index is 1070. The molecule has 2 aromatic carbocycles. The highest BCUT2D eigenvalue weighted by Crippen LogP contribution is 2.34. The van der Waals surface area contributed by atoms with Crippen molar-refractivity contribution in [2.24, 2.45) is 0 Å². The third kappa shape index (κ3) is 4.89. The predicted molar refractivity (Wildman–Crippen MR) is 108 cm³/mol. The minimum atomic E-state index is -4.65. The van der Waals surface area contributed by atoms with E-state index in [1.54, 1.807) is 11.8 Å². The topological polar surface area (TPSA) is 66.5 Å². The molecule has 0 aliphatic carbocycles. The minimum absolute atomic E-state index is 0.177. The number of sulfonamides is 1. The van der Waals surface area contributed by atoms with E-state index >= 15 is 0 Å². The average molecular weight is 461 g/mol. The van der Waals surface area contributed by atoms with E-state index in [1.807, 2.05) is 0 Å². The van der Waals surface area contributed by atoms with Gasteiger partial charge in [0.1, 0.15) is 0 Å². The van der Waals surface area contributed by atoms with Crippen LogP contribution in [0.2, 0.25) is 5.02 Å². The van der Waals surface area contributed by atoms with Crippen molar-refractivity contribution in [1.82, 2.24) is 4.90 Å². The number of nitrogens with zero attached hydrogens (tertiary/aromatic N) is 1. The maximum atomic E-state index is 13.0. The Morgan fingerprint density at radius 1 is 1.07 bits per heavy atom. The van der Waals surface area contributed by atoms with E-state index in [1.165, 1.54) is 18.2 Å². The highest BCUT2D eigenvalue weighted by atomic mass is 35.5. The fraction of sp³-hybridized carbons (Fsp3) is 0.350. The number of carbonyl (C=O) groups excluding carboxylic acids is 1. The number of alkyl halides is 3. The summed E-state index contributed by atoms with van der Waals surface area (Å²) in [4.78, 5) is 14.3. The number of halogens is 4. The lowest BCUT2D eigenvalue weighted by molar-refractivity contribution is -0.137. The fourth-order valence-electron chi connectivity index (χ4n) is 3.25. The maximum absolute atomic E-state index is 13.0. The molecule has 0 spiro atoms. The van der Waals surface area contributed by atoms with Gasteiger partial charge in [-0.15, -0.1) is 0 Å². The molecule has 1 aliphatic rings. The Balaban J connectivity index is 1.93. The molecule has 1 fully saturated rings. The number of aryl methyl sites for hydroxylation is 1. The molecule has 0 aromatic heterocycles. The molecule has 1 saturated heterocycles. The van der Waals surface area contributed by atoms with Crippen molar-refractivity contribution < 1.29 is 26.4 Å². The summed E-state index contributed by atoms with van der Waals surface area (Å²) in [5, 5.41) is -0.177. The molecule has 10 heteroatoms. The first-order valence-electron chi connectivity index (χ1n) is 9.28. The molecule has 1 amide bonds. The van der Waals surface area contributed by atoms with Crippen molar-refractivity contribution in [3.8, 4) is 0 Å². The summed E-state index contributed by atoms with van der Waals surface area (Å²) < 4.78 is 66.6. The molecule has 162 valence electrons. The second-order valence-electron chi connectivity index (χ2n) is 7.13. The van der Waals surface area contributed by atoms with E-state index in [0.29, 0.717) is 24.7 Å². The van der Waals surface area contributed by atoms with Crippen LogP contribution in [0.15, 0.2) is 41.3 Å². The highest BCUT2D eigenvalue weighted by Gasteiger charge is 2.31. The van der Waals surface area contributed by atoms with Gasteiger partial charge >= 0.3 is 6.18 Å². The SMILES string of the molecule is Cc1ccc(S(=O)(=O)Nc2cc(C(F)(F)F)ccc2Cl)cc1C(=O)N1CCCCC1. The second-order valence-corrected chi connectivity index (χ2v) is 9.22. The van der Waals surface area contributed by atoms with E-state index in [-0.39, 0.29) is 21.4 Å². The van der Waals surface area contributed by atoms with Crippen LogP contribution in [0.5, 0.6) is 0 Å². The number of piperidine rings is 1. The van der Waals surface area contributed by atoms with E-state index in [4.69, 9.17) is 11.6 Å². The first kappa shape index (κ1) is 22.4. The molecule has 1 heterocycles. The number of rotatable bonds is 4. The molecule has 1 aliphatic heterocycles. The molecular formula is C20H20ClF3N2O3S. The molecular weight excluding hydrogens is 441 g/mol. The second kappa shape index (κ2) is 8.47. The van der Waals surface area contributed by atoms with E-state index in [2.05, 4.69) is 4.72 Å². The summed E-state index contributed by atoms with van der Waals surface area (Å²) in [6, 6.07) is 6.42. The van der Waals surface area contributed by atoms with Crippen LogP contribution in [-0.4, -0.2) is 32.3 Å². The number of carbonyl (C=O) groups is 1. The molecule has 0 bridgehead atoms. The average Bonchev–Trinajstić information content (AvgIpc) is 2.69. The zero-order chi connectivity index (χ0) is 22.1. The van der Waals surface area contributed by atoms with Crippen molar-refractivity contribution >= 4 is 33.2 Å². The van der Waals surface area contributed by atoms with Gasteiger partial charge in [0.15, 0.2) is 0 Å². The molecule has 0 saturated carbocycles. The smallest absolute Gasteiger partial charge is 0.339 e. The Morgan fingerprint density at radius 3 is 2.37 bits per heavy atom. The van der Waals surface area contributed by atoms with Crippen LogP contribution in [0.3, 0.4) is 0 Å². The normalized spacial score (nSPS) is 15.2. The summed E-state index contributed by atoms with van der Waals surface area (Å²) in [6.45, 7) is 2.91. The summed E-state index contributed by atoms with van der Waals surface area (Å²) in [6.07, 6.45) is -1.84. The van der Waals surface area contributed by atoms with Crippen LogP contribution in [-0.2, 0) is 16.2 Å². The predicted octanol–water partition coefficient (Wildman–Crippen LogP) is 5.09. The van der Waals surface area contributed by atoms with Gasteiger partial charge in [-0.05, 0) is 62.1 Å². The lowest BCUT2D eigenvalue weighted by atomic mass is 10.1. The van der Waals surface area contributed by atoms with E-state index in [0.717, 1.165) is 31.4 Å². The van der Waals surface area contributed by atoms with Crippen LogP contribution in [0.1, 0.15) is 40.7 Å². The van der Waals surface area contributed by atoms with Crippen molar-refractivity contribution in [3.05, 3.63) is 58.1 Å². The van der Waals surface area contributed by atoms with Gasteiger partial charge in [-0.1, -0.05) is 17.7 Å². The Hall–Kier alpha value is -2.26. The van der Waals surface area contributed by atoms with Crippen LogP contribution in [0.25, 0.3) is 0 Å². The van der Waals surface area contributed by atoms with Crippen LogP contribution >= 0.6 is 11.6 Å². The first-order valence-corrected chi connectivity index (χ1v) is 11.1. The molecule has 2 aromatic rings. The van der Waals surface area contributed by atoms with Gasteiger partial charge in [0.2, 0.25) is 0 Å². The number of likely N-dealkylation sites (tertiary alicyclic amines) is 1. The standard InChI is InChI=1S/C20H20ClF3N2O3S/c1-13-5-7-15(12-16(13)19(27)26-9-3-2-4-10-26)30(28,29)25-18-11-14(20(22,23)24)6-8-17(18)21/h5-8,11-12,25H,2-4,9-10H2,1H3. The molecule has 5 nitrogen and oxygen atoms in total. The third-order valence-corrected chi connectivity index (χ3v) is 6.62. The number of amides is 1. The largest absolute Gasteiger partial charge is 0.416 e. The summed E-state index contributed by atoms with van der Waals surface area (Å²) in [5.41, 5.74) is -0.568. The van der Waals surface area contributed by atoms with Crippen molar-refractivity contribution in [2.75, 3.05) is 17.8 Å². The van der Waals surface area contributed by atoms with Gasteiger partial charge in [-0.2, -0.15) is 13.2 Å². The molecule has 1 N–H and O–H groups in total. The van der Waals surface area contributed by atoms with Gasteiger partial charge in [-0.3, -0.25) is 9.52 Å². The van der Waals surface area contributed by atoms with Crippen molar-refractivity contribution in [2.45, 2.75) is 37.3 Å². The number of hydrogen-bond acceptors (Lipinski definition) is 3. The fourth-order valence-corrected chi connectivity index (χ4v) is 4.57. The van der Waals surface area contributed by atoms with Crippen molar-refractivity contribution in [1.29, 1.82) is 0 Å². The number of benzene rings is 2. The molecule has 0 radical (unpaired) electrons. The molecule has 3 rings (SSSR count). The lowest BCUT2D eigenvalue weighted by Crippen LogP contribution is -2.36. The Kier molecular flexibility index (Phi) is 6.33. The lowest BCUT2D eigenvalue weighted by Gasteiger charge is -2.27. The maximum Gasteiger partial charge on any atom is 0.416 e. The minimum Gasteiger partial charge on any atom is -0.339 e. The van der Waals surface area contributed by atoms with Gasteiger partial charge in [0.05, 0.1) is 21.2 Å². The number of hydrogen-bond donors (Lipinski definition) is 1. The quantitative estimate of drug-likeness (QED) is 0.690. The summed E-state index contributed by atoms with van der Waals surface area (Å²) >= 11 is 5.89. The van der Waals surface area contributed by atoms with Gasteiger partial charge < -0.3 is 4.90 Å². The number of nitrogens with one attached hydrogen (secondary N) is 1. The molecule has 30 heavy (non-hydrogen) atoms. The first-order chi connectivity index (χ1) is 14.0. The molecule has 0 unspecified atom stereocenters. The van der Waals surface area contributed by atoms with Gasteiger partial charge in [0, 0.05) is 18.7 Å². The van der Waals surface area contributed by atoms with E-state index < -0.39 is 27.5 Å². The Morgan fingerprint density at radius 2 is 1.73 bits per heavy atom. The summed E-state index contributed by atoms with van der Waals surface area (Å²) in [5.74, 6) is -0.263. The van der Waals surface area contributed by atoms with Crippen LogP contribution < -0.4 is 4.72 Å². The van der Waals surface area contributed by atoms with Crippen molar-refractivity contribution in [3.63, 3.8) is 0 Å². The number of anilines is 1.